The quantitative estimate of drug-likeness (QED) is 0.331. The Morgan fingerprint density at radius 2 is 1.80 bits per heavy atom. The van der Waals surface area contributed by atoms with Gasteiger partial charge in [0.15, 0.2) is 0 Å². The fourth-order valence-electron chi connectivity index (χ4n) is 2.52. The average molecular weight is 335 g/mol. The Balaban J connectivity index is 2.22. The molecular weight excluding hydrogens is 318 g/mol. The second kappa shape index (κ2) is 6.98. The summed E-state index contributed by atoms with van der Waals surface area (Å²) >= 11 is 0. The third kappa shape index (κ3) is 3.26. The van der Waals surface area contributed by atoms with Gasteiger partial charge in [0.1, 0.15) is 0 Å². The smallest absolute Gasteiger partial charge is 0.265 e. The number of rotatable bonds is 4. The van der Waals surface area contributed by atoms with E-state index in [-0.39, 0.29) is 5.91 Å². The van der Waals surface area contributed by atoms with E-state index in [9.17, 15) is 9.59 Å². The molecule has 7 heteroatoms. The first-order valence-corrected chi connectivity index (χ1v) is 7.62. The number of anilines is 2. The zero-order chi connectivity index (χ0) is 17.8. The van der Waals surface area contributed by atoms with Crippen molar-refractivity contribution in [3.63, 3.8) is 0 Å². The van der Waals surface area contributed by atoms with Crippen molar-refractivity contribution in [2.75, 3.05) is 12.4 Å². The number of fused-ring (bicyclic) bond motifs is 1. The van der Waals surface area contributed by atoms with E-state index in [4.69, 9.17) is 5.84 Å². The second-order valence-electron chi connectivity index (χ2n) is 5.32. The number of carbonyl (C=O) groups excluding carboxylic acids is 2. The number of para-hydroxylation sites is 1. The molecule has 2 amide bonds. The predicted octanol–water partition coefficient (Wildman–Crippen LogP) is 1.94. The van der Waals surface area contributed by atoms with Crippen molar-refractivity contribution in [2.45, 2.75) is 0 Å². The van der Waals surface area contributed by atoms with Crippen LogP contribution in [0.4, 0.5) is 11.4 Å². The van der Waals surface area contributed by atoms with Crippen molar-refractivity contribution in [1.29, 1.82) is 0 Å². The maximum atomic E-state index is 12.3. The molecule has 0 saturated carbocycles. The van der Waals surface area contributed by atoms with Gasteiger partial charge in [0.2, 0.25) is 0 Å². The van der Waals surface area contributed by atoms with E-state index < -0.39 is 5.91 Å². The Bertz CT molecular complexity index is 936. The van der Waals surface area contributed by atoms with Crippen LogP contribution in [-0.4, -0.2) is 23.8 Å². The molecule has 3 rings (SSSR count). The minimum absolute atomic E-state index is 0.276. The highest BCUT2D eigenvalue weighted by Gasteiger charge is 2.16. The summed E-state index contributed by atoms with van der Waals surface area (Å²) in [5.41, 5.74) is 4.90. The van der Waals surface area contributed by atoms with Gasteiger partial charge < -0.3 is 10.6 Å². The summed E-state index contributed by atoms with van der Waals surface area (Å²) < 4.78 is 0. The Hall–Kier alpha value is -3.45. The number of benzene rings is 2. The molecule has 1 aromatic heterocycles. The molecule has 3 aromatic rings. The van der Waals surface area contributed by atoms with Crippen LogP contribution in [0.2, 0.25) is 0 Å². The van der Waals surface area contributed by atoms with Gasteiger partial charge in [-0.1, -0.05) is 18.2 Å². The summed E-state index contributed by atoms with van der Waals surface area (Å²) in [6.07, 6.45) is 1.51. The van der Waals surface area contributed by atoms with E-state index in [1.807, 2.05) is 30.3 Å². The number of hydrogen-bond acceptors (Lipinski definition) is 5. The Kier molecular flexibility index (Phi) is 4.58. The van der Waals surface area contributed by atoms with Crippen molar-refractivity contribution in [3.05, 3.63) is 65.9 Å². The zero-order valence-corrected chi connectivity index (χ0v) is 13.5. The summed E-state index contributed by atoms with van der Waals surface area (Å²) in [5.74, 6) is 4.52. The largest absolute Gasteiger partial charge is 0.355 e. The molecule has 0 aliphatic heterocycles. The van der Waals surface area contributed by atoms with Gasteiger partial charge in [-0.2, -0.15) is 0 Å². The van der Waals surface area contributed by atoms with Gasteiger partial charge in [-0.3, -0.25) is 20.0 Å². The first kappa shape index (κ1) is 16.4. The summed E-state index contributed by atoms with van der Waals surface area (Å²) in [7, 11) is 1.55. The predicted molar refractivity (Wildman–Crippen MR) is 96.5 cm³/mol. The number of carbonyl (C=O) groups is 2. The average Bonchev–Trinajstić information content (AvgIpc) is 2.67. The highest BCUT2D eigenvalue weighted by atomic mass is 16.2. The van der Waals surface area contributed by atoms with Crippen molar-refractivity contribution in [1.82, 2.24) is 15.7 Å². The fraction of sp³-hybridized carbons (Fsp3) is 0.0556. The molecule has 0 aliphatic carbocycles. The third-order valence-electron chi connectivity index (χ3n) is 3.78. The van der Waals surface area contributed by atoms with Gasteiger partial charge in [-0.15, -0.1) is 0 Å². The molecule has 0 unspecified atom stereocenters. The van der Waals surface area contributed by atoms with E-state index >= 15 is 0 Å². The molecule has 0 fully saturated rings. The lowest BCUT2D eigenvalue weighted by Gasteiger charge is -2.14. The number of aromatic nitrogens is 1. The number of hydrazine groups is 1. The molecule has 0 radical (unpaired) electrons. The Labute approximate surface area is 144 Å². The summed E-state index contributed by atoms with van der Waals surface area (Å²) in [5, 5.41) is 6.50. The lowest BCUT2D eigenvalue weighted by molar-refractivity contribution is 0.0949. The van der Waals surface area contributed by atoms with Crippen LogP contribution in [0.3, 0.4) is 0 Å². The van der Waals surface area contributed by atoms with Crippen molar-refractivity contribution >= 4 is 34.1 Å². The van der Waals surface area contributed by atoms with Crippen molar-refractivity contribution in [3.8, 4) is 0 Å². The molecule has 0 atom stereocenters. The molecule has 7 nitrogen and oxygen atoms in total. The van der Waals surface area contributed by atoms with E-state index in [2.05, 4.69) is 21.0 Å². The number of nitrogens with one attached hydrogen (secondary N) is 3. The number of amides is 2. The molecule has 1 heterocycles. The summed E-state index contributed by atoms with van der Waals surface area (Å²) in [6, 6.07) is 14.4. The molecule has 5 N–H and O–H groups in total. The number of nitrogens with two attached hydrogens (primary N) is 1. The minimum Gasteiger partial charge on any atom is -0.355 e. The van der Waals surface area contributed by atoms with Crippen LogP contribution >= 0.6 is 0 Å². The molecule has 0 saturated heterocycles. The highest BCUT2D eigenvalue weighted by molar-refractivity contribution is 6.09. The lowest BCUT2D eigenvalue weighted by atomic mass is 10.0. The van der Waals surface area contributed by atoms with Gasteiger partial charge >= 0.3 is 0 Å². The van der Waals surface area contributed by atoms with E-state index in [0.29, 0.717) is 27.7 Å². The highest BCUT2D eigenvalue weighted by Crippen LogP contribution is 2.30. The molecule has 126 valence electrons. The van der Waals surface area contributed by atoms with Gasteiger partial charge in [0.25, 0.3) is 11.8 Å². The topological polar surface area (TPSA) is 109 Å². The van der Waals surface area contributed by atoms with Crippen LogP contribution < -0.4 is 21.9 Å². The normalized spacial score (nSPS) is 10.3. The number of nitrogens with zero attached hydrogens (tertiary/aromatic N) is 1. The molecular formula is C18H17N5O2. The molecule has 25 heavy (non-hydrogen) atoms. The fourth-order valence-corrected chi connectivity index (χ4v) is 2.52. The van der Waals surface area contributed by atoms with Crippen LogP contribution in [-0.2, 0) is 0 Å². The zero-order valence-electron chi connectivity index (χ0n) is 13.5. The number of pyridine rings is 1. The van der Waals surface area contributed by atoms with Crippen LogP contribution in [0.25, 0.3) is 10.9 Å². The van der Waals surface area contributed by atoms with E-state index in [1.165, 1.54) is 6.20 Å². The third-order valence-corrected chi connectivity index (χ3v) is 3.78. The molecule has 2 aromatic carbocycles. The minimum atomic E-state index is -0.419. The Morgan fingerprint density at radius 1 is 1.04 bits per heavy atom. The van der Waals surface area contributed by atoms with Gasteiger partial charge in [0.05, 0.1) is 16.8 Å². The molecule has 0 bridgehead atoms. The first-order chi connectivity index (χ1) is 12.1. The molecule has 0 spiro atoms. The van der Waals surface area contributed by atoms with Crippen LogP contribution in [0, 0.1) is 0 Å². The van der Waals surface area contributed by atoms with Crippen molar-refractivity contribution in [2.24, 2.45) is 5.84 Å². The maximum absolute atomic E-state index is 12.3. The van der Waals surface area contributed by atoms with Crippen LogP contribution in [0.15, 0.2) is 54.7 Å². The summed E-state index contributed by atoms with van der Waals surface area (Å²) in [4.78, 5) is 28.4. The van der Waals surface area contributed by atoms with Crippen LogP contribution in [0.1, 0.15) is 20.7 Å². The monoisotopic (exact) mass is 335 g/mol. The van der Waals surface area contributed by atoms with Crippen molar-refractivity contribution < 1.29 is 9.59 Å². The number of hydrogen-bond donors (Lipinski definition) is 4. The second-order valence-corrected chi connectivity index (χ2v) is 5.32. The standard InChI is InChI=1S/C18H17N5O2/c1-20-18(25)14-10-21-15-8-7-11(17(24)23-19)9-13(15)16(14)22-12-5-3-2-4-6-12/h2-10H,19H2,1H3,(H,20,25)(H,21,22)(H,23,24). The SMILES string of the molecule is CNC(=O)c1cnc2ccc(C(=O)NN)cc2c1Nc1ccccc1. The van der Waals surface area contributed by atoms with E-state index in [0.717, 1.165) is 5.69 Å². The summed E-state index contributed by atoms with van der Waals surface area (Å²) in [6.45, 7) is 0. The maximum Gasteiger partial charge on any atom is 0.265 e. The molecule has 0 aliphatic rings. The lowest BCUT2D eigenvalue weighted by Crippen LogP contribution is -2.29. The number of nitrogen functional groups attached to an aromatic ring is 1. The van der Waals surface area contributed by atoms with E-state index in [1.54, 1.807) is 25.2 Å². The van der Waals surface area contributed by atoms with Gasteiger partial charge in [-0.05, 0) is 30.3 Å². The first-order valence-electron chi connectivity index (χ1n) is 7.62. The van der Waals surface area contributed by atoms with Crippen LogP contribution in [0.5, 0.6) is 0 Å². The Morgan fingerprint density at radius 3 is 2.48 bits per heavy atom. The van der Waals surface area contributed by atoms with Gasteiger partial charge in [-0.25, -0.2) is 5.84 Å². The van der Waals surface area contributed by atoms with Gasteiger partial charge in [0, 0.05) is 29.9 Å².